The number of hydrogen-bond donors (Lipinski definition) is 2. The number of aromatic nitrogens is 4. The van der Waals surface area contributed by atoms with Crippen molar-refractivity contribution < 1.29 is 18.0 Å². The largest absolute Gasteiger partial charge is 0.416 e. The van der Waals surface area contributed by atoms with E-state index in [0.29, 0.717) is 22.6 Å². The van der Waals surface area contributed by atoms with Gasteiger partial charge in [0.15, 0.2) is 5.65 Å². The normalized spacial score (nSPS) is 12.9. The maximum absolute atomic E-state index is 14.1. The molecular weight excluding hydrogens is 629 g/mol. The minimum Gasteiger partial charge on any atom is -0.350 e. The molecular formula is C37H33F3N8O. The summed E-state index contributed by atoms with van der Waals surface area (Å²) in [5, 5.41) is 10.4. The third kappa shape index (κ3) is 7.41. The molecule has 12 heteroatoms. The first-order valence-electron chi connectivity index (χ1n) is 15.5. The molecule has 4 heterocycles. The van der Waals surface area contributed by atoms with Gasteiger partial charge in [-0.3, -0.25) is 18.9 Å². The SMILES string of the molecule is CC1=CN=CC=CN1Cc1ccc(NC(=O)c2ccc(C)c(C#Cc3cnc4c(Nc5cnn(C(C)C)c5)cccn34)c2)cc1C(F)(F)F. The summed E-state index contributed by atoms with van der Waals surface area (Å²) in [7, 11) is 0. The first kappa shape index (κ1) is 32.8. The predicted octanol–water partition coefficient (Wildman–Crippen LogP) is 8.10. The summed E-state index contributed by atoms with van der Waals surface area (Å²) >= 11 is 0. The number of amides is 1. The molecule has 3 aromatic heterocycles. The van der Waals surface area contributed by atoms with E-state index in [0.717, 1.165) is 23.0 Å². The second-order valence-electron chi connectivity index (χ2n) is 11.8. The second kappa shape index (κ2) is 13.6. The van der Waals surface area contributed by atoms with Gasteiger partial charge in [-0.05, 0) is 87.2 Å². The summed E-state index contributed by atoms with van der Waals surface area (Å²) in [6.45, 7) is 7.73. The molecule has 0 spiro atoms. The van der Waals surface area contributed by atoms with Crippen molar-refractivity contribution in [3.8, 4) is 11.8 Å². The van der Waals surface area contributed by atoms with Crippen molar-refractivity contribution in [2.24, 2.45) is 4.99 Å². The van der Waals surface area contributed by atoms with E-state index in [1.165, 1.54) is 12.1 Å². The number of benzene rings is 2. The maximum atomic E-state index is 14.1. The van der Waals surface area contributed by atoms with Crippen LogP contribution in [0.2, 0.25) is 0 Å². The summed E-state index contributed by atoms with van der Waals surface area (Å²) in [6.07, 6.45) is 9.08. The number of nitrogens with zero attached hydrogens (tertiary/aromatic N) is 6. The Kier molecular flexibility index (Phi) is 9.09. The standard InChI is InChI=1S/C37H33F3N8O/c1-24(2)48-23-31(20-43-48)44-34-7-5-16-47-32(21-42-35(34)47)13-11-27-17-28(9-8-25(27)3)36(49)45-30-12-10-29(33(18-30)37(38,39)40)22-46-15-6-14-41-19-26(46)4/h5-10,12,14-21,23-24,44H,22H2,1-4H3,(H,45,49). The van der Waals surface area contributed by atoms with Crippen molar-refractivity contribution in [3.63, 3.8) is 0 Å². The quantitative estimate of drug-likeness (QED) is 0.172. The summed E-state index contributed by atoms with van der Waals surface area (Å²) in [6, 6.07) is 12.9. The van der Waals surface area contributed by atoms with Crippen molar-refractivity contribution in [2.45, 2.75) is 46.5 Å². The molecule has 9 nitrogen and oxygen atoms in total. The first-order valence-corrected chi connectivity index (χ1v) is 15.5. The minimum absolute atomic E-state index is 0.0144. The van der Waals surface area contributed by atoms with Crippen molar-refractivity contribution in [1.82, 2.24) is 24.1 Å². The average Bonchev–Trinajstić information content (AvgIpc) is 3.66. The van der Waals surface area contributed by atoms with Crippen LogP contribution in [0.3, 0.4) is 0 Å². The highest BCUT2D eigenvalue weighted by atomic mass is 19.4. The smallest absolute Gasteiger partial charge is 0.350 e. The number of hydrogen-bond acceptors (Lipinski definition) is 6. The van der Waals surface area contributed by atoms with Gasteiger partial charge >= 0.3 is 6.18 Å². The van der Waals surface area contributed by atoms with Crippen LogP contribution in [-0.2, 0) is 12.7 Å². The fourth-order valence-corrected chi connectivity index (χ4v) is 5.23. The molecule has 0 fully saturated rings. The Morgan fingerprint density at radius 1 is 1.02 bits per heavy atom. The van der Waals surface area contributed by atoms with Gasteiger partial charge in [-0.15, -0.1) is 0 Å². The van der Waals surface area contributed by atoms with Crippen LogP contribution in [0.25, 0.3) is 5.65 Å². The molecule has 5 aromatic rings. The average molecular weight is 663 g/mol. The molecule has 248 valence electrons. The lowest BCUT2D eigenvalue weighted by Gasteiger charge is -2.23. The van der Waals surface area contributed by atoms with E-state index < -0.39 is 17.6 Å². The van der Waals surface area contributed by atoms with E-state index >= 15 is 0 Å². The van der Waals surface area contributed by atoms with Crippen LogP contribution in [0.5, 0.6) is 0 Å². The van der Waals surface area contributed by atoms with Gasteiger partial charge in [-0.2, -0.15) is 18.3 Å². The highest BCUT2D eigenvalue weighted by molar-refractivity contribution is 6.04. The van der Waals surface area contributed by atoms with Gasteiger partial charge in [0, 0.05) is 66.1 Å². The lowest BCUT2D eigenvalue weighted by molar-refractivity contribution is -0.138. The van der Waals surface area contributed by atoms with E-state index in [-0.39, 0.29) is 29.4 Å². The molecule has 2 aromatic carbocycles. The molecule has 1 aliphatic rings. The summed E-state index contributed by atoms with van der Waals surface area (Å²) in [5.74, 6) is 5.73. The predicted molar refractivity (Wildman–Crippen MR) is 185 cm³/mol. The molecule has 0 atom stereocenters. The number of alkyl halides is 3. The zero-order chi connectivity index (χ0) is 34.7. The van der Waals surface area contributed by atoms with Crippen LogP contribution in [-0.4, -0.2) is 36.2 Å². The molecule has 0 saturated carbocycles. The number of carbonyl (C=O) groups is 1. The Hall–Kier alpha value is -6.09. The molecule has 1 aliphatic heterocycles. The number of imidazole rings is 1. The lowest BCUT2D eigenvalue weighted by atomic mass is 10.0. The van der Waals surface area contributed by atoms with Gasteiger partial charge in [0.05, 0.1) is 29.3 Å². The Bertz CT molecular complexity index is 2190. The number of fused-ring (bicyclic) bond motifs is 1. The number of pyridine rings is 1. The number of aliphatic imine (C=N–C) groups is 1. The molecule has 1 amide bonds. The van der Waals surface area contributed by atoms with Gasteiger partial charge in [-0.25, -0.2) is 4.98 Å². The molecule has 0 aliphatic carbocycles. The Balaban J connectivity index is 1.21. The first-order chi connectivity index (χ1) is 23.5. The summed E-state index contributed by atoms with van der Waals surface area (Å²) in [5.41, 5.74) is 4.60. The fraction of sp³-hybridized carbons (Fsp3) is 0.189. The second-order valence-corrected chi connectivity index (χ2v) is 11.8. The van der Waals surface area contributed by atoms with E-state index in [1.807, 2.05) is 40.5 Å². The third-order valence-corrected chi connectivity index (χ3v) is 7.94. The van der Waals surface area contributed by atoms with Crippen LogP contribution in [0.1, 0.15) is 65.1 Å². The summed E-state index contributed by atoms with van der Waals surface area (Å²) in [4.78, 5) is 23.6. The lowest BCUT2D eigenvalue weighted by Crippen LogP contribution is -2.19. The van der Waals surface area contributed by atoms with Gasteiger partial charge < -0.3 is 15.5 Å². The van der Waals surface area contributed by atoms with E-state index in [4.69, 9.17) is 0 Å². The van der Waals surface area contributed by atoms with Crippen molar-refractivity contribution in [2.75, 3.05) is 10.6 Å². The zero-order valence-electron chi connectivity index (χ0n) is 27.2. The molecule has 0 saturated heterocycles. The Labute approximate surface area is 281 Å². The number of anilines is 3. The maximum Gasteiger partial charge on any atom is 0.416 e. The van der Waals surface area contributed by atoms with E-state index in [1.54, 1.807) is 67.1 Å². The molecule has 0 unspecified atom stereocenters. The highest BCUT2D eigenvalue weighted by Gasteiger charge is 2.34. The Morgan fingerprint density at radius 2 is 1.86 bits per heavy atom. The van der Waals surface area contributed by atoms with Crippen molar-refractivity contribution in [3.05, 3.63) is 131 Å². The number of aryl methyl sites for hydroxylation is 1. The monoisotopic (exact) mass is 662 g/mol. The molecule has 0 radical (unpaired) electrons. The van der Waals surface area contributed by atoms with Crippen LogP contribution < -0.4 is 10.6 Å². The van der Waals surface area contributed by atoms with Crippen LogP contribution in [0.4, 0.5) is 30.2 Å². The molecule has 6 rings (SSSR count). The van der Waals surface area contributed by atoms with Gasteiger partial charge in [-0.1, -0.05) is 18.1 Å². The zero-order valence-corrected chi connectivity index (χ0v) is 27.2. The Morgan fingerprint density at radius 3 is 2.63 bits per heavy atom. The number of rotatable bonds is 7. The van der Waals surface area contributed by atoms with Crippen LogP contribution >= 0.6 is 0 Å². The minimum atomic E-state index is -4.63. The van der Waals surface area contributed by atoms with E-state index in [9.17, 15) is 18.0 Å². The van der Waals surface area contributed by atoms with Gasteiger partial charge in [0.1, 0.15) is 5.69 Å². The number of carbonyl (C=O) groups excluding carboxylic acids is 1. The summed E-state index contributed by atoms with van der Waals surface area (Å²) < 4.78 is 46.2. The third-order valence-electron chi connectivity index (χ3n) is 7.94. The van der Waals surface area contributed by atoms with Crippen LogP contribution in [0.15, 0.2) is 102 Å². The van der Waals surface area contributed by atoms with E-state index in [2.05, 4.69) is 51.4 Å². The van der Waals surface area contributed by atoms with Crippen molar-refractivity contribution >= 4 is 34.8 Å². The number of allylic oxidation sites excluding steroid dienone is 2. The van der Waals surface area contributed by atoms with Gasteiger partial charge in [0.25, 0.3) is 5.91 Å². The fourth-order valence-electron chi connectivity index (χ4n) is 5.23. The van der Waals surface area contributed by atoms with Crippen molar-refractivity contribution in [1.29, 1.82) is 0 Å². The topological polar surface area (TPSA) is 91.8 Å². The molecule has 0 bridgehead atoms. The number of nitrogens with one attached hydrogen (secondary N) is 2. The molecule has 49 heavy (non-hydrogen) atoms. The van der Waals surface area contributed by atoms with Gasteiger partial charge in [0.2, 0.25) is 0 Å². The molecule has 2 N–H and O–H groups in total. The van der Waals surface area contributed by atoms with Crippen LogP contribution in [0, 0.1) is 18.8 Å². The number of halogens is 3. The highest BCUT2D eigenvalue weighted by Crippen LogP contribution is 2.35.